The first-order chi connectivity index (χ1) is 9.10. The van der Waals surface area contributed by atoms with E-state index in [9.17, 15) is 4.79 Å². The Balaban J connectivity index is 2.52. The van der Waals surface area contributed by atoms with Gasteiger partial charge in [0.1, 0.15) is 0 Å². The zero-order valence-electron chi connectivity index (χ0n) is 11.6. The summed E-state index contributed by atoms with van der Waals surface area (Å²) in [5.41, 5.74) is 1.61. The van der Waals surface area contributed by atoms with Crippen LogP contribution in [0.3, 0.4) is 0 Å². The molecule has 19 heavy (non-hydrogen) atoms. The van der Waals surface area contributed by atoms with E-state index in [0.29, 0.717) is 11.4 Å². The number of aryl methyl sites for hydroxylation is 1. The minimum atomic E-state index is -0.00472. The third-order valence-electron chi connectivity index (χ3n) is 3.02. The Bertz CT molecular complexity index is 584. The van der Waals surface area contributed by atoms with Crippen LogP contribution in [0.2, 0.25) is 0 Å². The van der Waals surface area contributed by atoms with Gasteiger partial charge in [-0.25, -0.2) is 0 Å². The van der Waals surface area contributed by atoms with E-state index in [-0.39, 0.29) is 11.8 Å². The maximum atomic E-state index is 12.7. The van der Waals surface area contributed by atoms with Crippen molar-refractivity contribution in [3.8, 4) is 5.75 Å². The lowest BCUT2D eigenvalue weighted by atomic mass is 10.1. The molecule has 0 aromatic carbocycles. The molecule has 0 aliphatic heterocycles. The summed E-state index contributed by atoms with van der Waals surface area (Å²) in [6.45, 7) is 6.05. The largest absolute Gasteiger partial charge is 0.493 e. The minimum absolute atomic E-state index is 0.00472. The van der Waals surface area contributed by atoms with Gasteiger partial charge in [-0.2, -0.15) is 5.10 Å². The number of nitrogens with zero attached hydrogens (tertiary/aromatic N) is 2. The van der Waals surface area contributed by atoms with Gasteiger partial charge in [0, 0.05) is 6.04 Å². The molecule has 0 unspecified atom stereocenters. The molecule has 0 aliphatic carbocycles. The summed E-state index contributed by atoms with van der Waals surface area (Å²) in [7, 11) is 1.56. The van der Waals surface area contributed by atoms with Gasteiger partial charge in [0.25, 0.3) is 0 Å². The van der Waals surface area contributed by atoms with Crippen LogP contribution in [0, 0.1) is 0 Å². The predicted octanol–water partition coefficient (Wildman–Crippen LogP) is 3.33. The van der Waals surface area contributed by atoms with E-state index < -0.39 is 0 Å². The SMILES string of the molecule is CCc1ccsc1C(=O)c1c(OC)cnn1C(C)C. The molecule has 4 nitrogen and oxygen atoms in total. The Morgan fingerprint density at radius 2 is 2.26 bits per heavy atom. The smallest absolute Gasteiger partial charge is 0.225 e. The van der Waals surface area contributed by atoms with Gasteiger partial charge in [-0.3, -0.25) is 9.48 Å². The normalized spacial score (nSPS) is 11.0. The van der Waals surface area contributed by atoms with Crippen LogP contribution in [0.25, 0.3) is 0 Å². The number of methoxy groups -OCH3 is 1. The van der Waals surface area contributed by atoms with Crippen molar-refractivity contribution < 1.29 is 9.53 Å². The second-order valence-corrected chi connectivity index (χ2v) is 5.47. The Morgan fingerprint density at radius 1 is 1.53 bits per heavy atom. The van der Waals surface area contributed by atoms with E-state index in [1.165, 1.54) is 11.3 Å². The second kappa shape index (κ2) is 5.57. The summed E-state index contributed by atoms with van der Waals surface area (Å²) in [6, 6.07) is 2.12. The fraction of sp³-hybridized carbons (Fsp3) is 0.429. The molecule has 2 rings (SSSR count). The molecule has 0 N–H and O–H groups in total. The first-order valence-corrected chi connectivity index (χ1v) is 7.20. The molecule has 0 radical (unpaired) electrons. The van der Waals surface area contributed by atoms with E-state index in [1.54, 1.807) is 18.0 Å². The van der Waals surface area contributed by atoms with Crippen LogP contribution in [0.5, 0.6) is 5.75 Å². The summed E-state index contributed by atoms with van der Waals surface area (Å²) >= 11 is 1.47. The third-order valence-corrected chi connectivity index (χ3v) is 3.98. The fourth-order valence-corrected chi connectivity index (χ4v) is 2.96. The molecule has 0 saturated heterocycles. The van der Waals surface area contributed by atoms with E-state index in [2.05, 4.69) is 12.0 Å². The van der Waals surface area contributed by atoms with Gasteiger partial charge in [-0.1, -0.05) is 6.92 Å². The van der Waals surface area contributed by atoms with Crippen LogP contribution < -0.4 is 4.74 Å². The van der Waals surface area contributed by atoms with Crippen molar-refractivity contribution in [2.45, 2.75) is 33.2 Å². The molecule has 0 spiro atoms. The van der Waals surface area contributed by atoms with Gasteiger partial charge in [0.15, 0.2) is 11.4 Å². The van der Waals surface area contributed by atoms with Crippen LogP contribution in [0.1, 0.15) is 47.7 Å². The average Bonchev–Trinajstić information content (AvgIpc) is 3.03. The zero-order chi connectivity index (χ0) is 14.0. The van der Waals surface area contributed by atoms with Crippen LogP contribution in [0.15, 0.2) is 17.6 Å². The third kappa shape index (κ3) is 2.42. The molecule has 0 bridgehead atoms. The van der Waals surface area contributed by atoms with Crippen LogP contribution in [-0.4, -0.2) is 22.7 Å². The Labute approximate surface area is 117 Å². The summed E-state index contributed by atoms with van der Waals surface area (Å²) in [5, 5.41) is 6.20. The quantitative estimate of drug-likeness (QED) is 0.788. The highest BCUT2D eigenvalue weighted by Crippen LogP contribution is 2.28. The average molecular weight is 278 g/mol. The van der Waals surface area contributed by atoms with Gasteiger partial charge in [-0.05, 0) is 37.3 Å². The van der Waals surface area contributed by atoms with Gasteiger partial charge in [-0.15, -0.1) is 11.3 Å². The number of ketones is 1. The van der Waals surface area contributed by atoms with E-state index >= 15 is 0 Å². The molecule has 2 aromatic heterocycles. The highest BCUT2D eigenvalue weighted by molar-refractivity contribution is 7.12. The van der Waals surface area contributed by atoms with Gasteiger partial charge >= 0.3 is 0 Å². The van der Waals surface area contributed by atoms with E-state index in [1.807, 2.05) is 25.3 Å². The van der Waals surface area contributed by atoms with E-state index in [4.69, 9.17) is 4.74 Å². The molecular formula is C14H18N2O2S. The molecule has 0 amide bonds. The molecule has 5 heteroatoms. The maximum absolute atomic E-state index is 12.7. The number of carbonyl (C=O) groups excluding carboxylic acids is 1. The molecule has 2 aromatic rings. The van der Waals surface area contributed by atoms with Crippen LogP contribution in [0.4, 0.5) is 0 Å². The number of ether oxygens (including phenoxy) is 1. The number of hydrogen-bond donors (Lipinski definition) is 0. The summed E-state index contributed by atoms with van der Waals surface area (Å²) in [4.78, 5) is 13.5. The molecule has 0 fully saturated rings. The highest BCUT2D eigenvalue weighted by atomic mass is 32.1. The minimum Gasteiger partial charge on any atom is -0.493 e. The van der Waals surface area contributed by atoms with Crippen molar-refractivity contribution in [2.75, 3.05) is 7.11 Å². The lowest BCUT2D eigenvalue weighted by Crippen LogP contribution is -2.14. The van der Waals surface area contributed by atoms with Gasteiger partial charge < -0.3 is 4.74 Å². The monoisotopic (exact) mass is 278 g/mol. The van der Waals surface area contributed by atoms with E-state index in [0.717, 1.165) is 16.9 Å². The summed E-state index contributed by atoms with van der Waals surface area (Å²) in [5.74, 6) is 0.532. The van der Waals surface area contributed by atoms with Gasteiger partial charge in [0.05, 0.1) is 18.2 Å². The standard InChI is InChI=1S/C14H18N2O2S/c1-5-10-6-7-19-14(10)13(17)12-11(18-4)8-15-16(12)9(2)3/h6-9H,5H2,1-4H3. The fourth-order valence-electron chi connectivity index (χ4n) is 2.02. The second-order valence-electron chi connectivity index (χ2n) is 4.56. The molecule has 102 valence electrons. The van der Waals surface area contributed by atoms with Crippen molar-refractivity contribution in [1.82, 2.24) is 9.78 Å². The topological polar surface area (TPSA) is 44.1 Å². The first-order valence-electron chi connectivity index (χ1n) is 6.32. The van der Waals surface area contributed by atoms with Crippen molar-refractivity contribution in [1.29, 1.82) is 0 Å². The lowest BCUT2D eigenvalue weighted by molar-refractivity contribution is 0.102. The molecule has 2 heterocycles. The Hall–Kier alpha value is -1.62. The van der Waals surface area contributed by atoms with Gasteiger partial charge in [0.2, 0.25) is 5.78 Å². The highest BCUT2D eigenvalue weighted by Gasteiger charge is 2.24. The number of hydrogen-bond acceptors (Lipinski definition) is 4. The molecule has 0 aliphatic rings. The van der Waals surface area contributed by atoms with Crippen molar-refractivity contribution in [3.05, 3.63) is 33.8 Å². The Morgan fingerprint density at radius 3 is 2.84 bits per heavy atom. The van der Waals surface area contributed by atoms with Crippen LogP contribution in [-0.2, 0) is 6.42 Å². The number of thiophene rings is 1. The van der Waals surface area contributed by atoms with Crippen molar-refractivity contribution in [3.63, 3.8) is 0 Å². The predicted molar refractivity (Wildman–Crippen MR) is 76.3 cm³/mol. The number of aromatic nitrogens is 2. The molecule has 0 saturated carbocycles. The maximum Gasteiger partial charge on any atom is 0.225 e. The summed E-state index contributed by atoms with van der Waals surface area (Å²) < 4.78 is 6.99. The number of rotatable bonds is 5. The zero-order valence-corrected chi connectivity index (χ0v) is 12.5. The number of carbonyl (C=O) groups is 1. The van der Waals surface area contributed by atoms with Crippen LogP contribution >= 0.6 is 11.3 Å². The van der Waals surface area contributed by atoms with Crippen molar-refractivity contribution >= 4 is 17.1 Å². The first kappa shape index (κ1) is 13.8. The molecule has 0 atom stereocenters. The Kier molecular flexibility index (Phi) is 4.04. The lowest BCUT2D eigenvalue weighted by Gasteiger charge is -2.11. The summed E-state index contributed by atoms with van der Waals surface area (Å²) in [6.07, 6.45) is 2.45. The van der Waals surface area contributed by atoms with Crippen molar-refractivity contribution in [2.24, 2.45) is 0 Å². The molecular weight excluding hydrogens is 260 g/mol.